The van der Waals surface area contributed by atoms with Crippen molar-refractivity contribution in [2.75, 3.05) is 11.8 Å². The normalized spacial score (nSPS) is 11.5. The van der Waals surface area contributed by atoms with Crippen molar-refractivity contribution in [1.29, 1.82) is 0 Å². The Kier molecular flexibility index (Phi) is 4.85. The minimum absolute atomic E-state index is 0.136. The summed E-state index contributed by atoms with van der Waals surface area (Å²) in [6, 6.07) is 13.2. The fourth-order valence-electron chi connectivity index (χ4n) is 2.74. The molecule has 2 aromatic carbocycles. The van der Waals surface area contributed by atoms with Crippen molar-refractivity contribution in [2.45, 2.75) is 11.8 Å². The van der Waals surface area contributed by atoms with Crippen LogP contribution in [0.25, 0.3) is 22.2 Å². The number of nitrogens with zero attached hydrogens (tertiary/aromatic N) is 1. The first-order valence-electron chi connectivity index (χ1n) is 8.53. The minimum atomic E-state index is -3.77. The lowest BCUT2D eigenvalue weighted by molar-refractivity contribution is 0.415. The molecule has 148 valence electrons. The van der Waals surface area contributed by atoms with E-state index in [1.165, 1.54) is 12.1 Å². The predicted molar refractivity (Wildman–Crippen MR) is 112 cm³/mol. The second kappa shape index (κ2) is 7.34. The predicted octanol–water partition coefficient (Wildman–Crippen LogP) is 4.03. The summed E-state index contributed by atoms with van der Waals surface area (Å²) in [6.45, 7) is 1.88. The van der Waals surface area contributed by atoms with Gasteiger partial charge in [0.05, 0.1) is 23.3 Å². The molecule has 0 saturated carbocycles. The molecule has 0 aliphatic rings. The van der Waals surface area contributed by atoms with Gasteiger partial charge in [0.15, 0.2) is 5.13 Å². The number of thiazole rings is 1. The number of methoxy groups -OCH3 is 1. The zero-order valence-corrected chi connectivity index (χ0v) is 17.1. The highest BCUT2D eigenvalue weighted by atomic mass is 32.2. The van der Waals surface area contributed by atoms with E-state index >= 15 is 0 Å². The lowest BCUT2D eigenvalue weighted by atomic mass is 10.1. The molecule has 29 heavy (non-hydrogen) atoms. The average molecular weight is 428 g/mol. The summed E-state index contributed by atoms with van der Waals surface area (Å²) in [6.07, 6.45) is 0. The van der Waals surface area contributed by atoms with Gasteiger partial charge in [0.1, 0.15) is 11.3 Å². The van der Waals surface area contributed by atoms with Gasteiger partial charge in [0.2, 0.25) is 0 Å². The van der Waals surface area contributed by atoms with Crippen LogP contribution in [-0.4, -0.2) is 20.5 Å². The Bertz CT molecular complexity index is 1360. The van der Waals surface area contributed by atoms with Gasteiger partial charge in [-0.2, -0.15) is 0 Å². The second-order valence-electron chi connectivity index (χ2n) is 6.31. The van der Waals surface area contributed by atoms with E-state index in [-0.39, 0.29) is 15.6 Å². The van der Waals surface area contributed by atoms with Crippen molar-refractivity contribution in [2.24, 2.45) is 0 Å². The molecule has 0 unspecified atom stereocenters. The highest BCUT2D eigenvalue weighted by molar-refractivity contribution is 7.93. The molecule has 0 saturated heterocycles. The molecular formula is C20H16N2O5S2. The molecule has 1 N–H and O–H groups in total. The number of fused-ring (bicyclic) bond motifs is 1. The van der Waals surface area contributed by atoms with E-state index in [0.29, 0.717) is 22.4 Å². The molecule has 2 heterocycles. The Morgan fingerprint density at radius 2 is 1.86 bits per heavy atom. The van der Waals surface area contributed by atoms with Crippen molar-refractivity contribution in [3.63, 3.8) is 0 Å². The third-order valence-corrected chi connectivity index (χ3v) is 6.51. The van der Waals surface area contributed by atoms with Crippen molar-refractivity contribution < 1.29 is 17.6 Å². The van der Waals surface area contributed by atoms with Gasteiger partial charge in [-0.05, 0) is 43.3 Å². The van der Waals surface area contributed by atoms with Gasteiger partial charge in [-0.25, -0.2) is 18.2 Å². The first kappa shape index (κ1) is 19.2. The molecule has 0 aliphatic heterocycles. The number of hydrogen-bond acceptors (Lipinski definition) is 7. The quantitative estimate of drug-likeness (QED) is 0.482. The molecule has 2 aromatic heterocycles. The van der Waals surface area contributed by atoms with E-state index in [2.05, 4.69) is 9.71 Å². The Balaban J connectivity index is 1.67. The summed E-state index contributed by atoms with van der Waals surface area (Å²) >= 11 is 1.08. The van der Waals surface area contributed by atoms with Crippen LogP contribution in [0.15, 0.2) is 68.0 Å². The monoisotopic (exact) mass is 428 g/mol. The number of anilines is 1. The standard InChI is InChI=1S/C20H16N2O5S2/c1-12-3-6-15(7-4-12)29(24,25)22-20-21-17(11-28-20)16-10-13-9-14(26-2)5-8-18(13)27-19(16)23/h3-11H,1-2H3,(H,21,22). The summed E-state index contributed by atoms with van der Waals surface area (Å²) in [5, 5.41) is 2.44. The number of sulfonamides is 1. The Morgan fingerprint density at radius 3 is 2.59 bits per heavy atom. The summed E-state index contributed by atoms with van der Waals surface area (Å²) < 4.78 is 38.1. The molecule has 7 nitrogen and oxygen atoms in total. The Labute approximate surface area is 170 Å². The van der Waals surface area contributed by atoms with Gasteiger partial charge < -0.3 is 9.15 Å². The van der Waals surface area contributed by atoms with Crippen LogP contribution in [0.3, 0.4) is 0 Å². The maximum Gasteiger partial charge on any atom is 0.345 e. The molecule has 9 heteroatoms. The number of benzene rings is 2. The van der Waals surface area contributed by atoms with Crippen LogP contribution in [-0.2, 0) is 10.0 Å². The Morgan fingerprint density at radius 1 is 1.10 bits per heavy atom. The number of hydrogen-bond donors (Lipinski definition) is 1. The molecule has 0 atom stereocenters. The van der Waals surface area contributed by atoms with Crippen LogP contribution in [0.4, 0.5) is 5.13 Å². The van der Waals surface area contributed by atoms with Gasteiger partial charge in [-0.15, -0.1) is 11.3 Å². The topological polar surface area (TPSA) is 98.5 Å². The maximum atomic E-state index is 12.5. The van der Waals surface area contributed by atoms with E-state index in [4.69, 9.17) is 9.15 Å². The molecule has 0 fully saturated rings. The summed E-state index contributed by atoms with van der Waals surface area (Å²) in [4.78, 5) is 16.8. The Hall–Kier alpha value is -3.17. The maximum absolute atomic E-state index is 12.5. The van der Waals surface area contributed by atoms with Crippen LogP contribution in [0.1, 0.15) is 5.56 Å². The van der Waals surface area contributed by atoms with Crippen molar-refractivity contribution >= 4 is 37.5 Å². The molecule has 0 amide bonds. The van der Waals surface area contributed by atoms with Gasteiger partial charge in [0.25, 0.3) is 10.0 Å². The first-order chi connectivity index (χ1) is 13.9. The molecule has 0 radical (unpaired) electrons. The van der Waals surface area contributed by atoms with Crippen LogP contribution >= 0.6 is 11.3 Å². The van der Waals surface area contributed by atoms with Crippen molar-refractivity contribution in [3.05, 3.63) is 69.9 Å². The second-order valence-corrected chi connectivity index (χ2v) is 8.85. The highest BCUT2D eigenvalue weighted by Crippen LogP contribution is 2.28. The van der Waals surface area contributed by atoms with Crippen LogP contribution < -0.4 is 15.1 Å². The van der Waals surface area contributed by atoms with Crippen molar-refractivity contribution in [3.8, 4) is 17.0 Å². The van der Waals surface area contributed by atoms with Crippen LogP contribution in [0, 0.1) is 6.92 Å². The SMILES string of the molecule is COc1ccc2oc(=O)c(-c3csc(NS(=O)(=O)c4ccc(C)cc4)n3)cc2c1. The molecule has 0 spiro atoms. The zero-order chi connectivity index (χ0) is 20.6. The number of rotatable bonds is 5. The van der Waals surface area contributed by atoms with Crippen molar-refractivity contribution in [1.82, 2.24) is 4.98 Å². The molecule has 4 aromatic rings. The lowest BCUT2D eigenvalue weighted by Crippen LogP contribution is -2.12. The fourth-order valence-corrected chi connectivity index (χ4v) is 4.71. The van der Waals surface area contributed by atoms with Gasteiger partial charge >= 0.3 is 5.63 Å². The fraction of sp³-hybridized carbons (Fsp3) is 0.100. The smallest absolute Gasteiger partial charge is 0.345 e. The number of aryl methyl sites for hydroxylation is 1. The van der Waals surface area contributed by atoms with E-state index in [9.17, 15) is 13.2 Å². The van der Waals surface area contributed by atoms with E-state index in [1.807, 2.05) is 6.92 Å². The molecule has 0 bridgehead atoms. The summed E-state index contributed by atoms with van der Waals surface area (Å²) in [5.41, 5.74) is 1.40. The minimum Gasteiger partial charge on any atom is -0.497 e. The van der Waals surface area contributed by atoms with Gasteiger partial charge in [-0.1, -0.05) is 17.7 Å². The van der Waals surface area contributed by atoms with Crippen LogP contribution in [0.5, 0.6) is 5.75 Å². The summed E-state index contributed by atoms with van der Waals surface area (Å²) in [5.74, 6) is 0.627. The first-order valence-corrected chi connectivity index (χ1v) is 10.9. The third-order valence-electron chi connectivity index (χ3n) is 4.27. The van der Waals surface area contributed by atoms with Crippen LogP contribution in [0.2, 0.25) is 0 Å². The zero-order valence-electron chi connectivity index (χ0n) is 15.5. The average Bonchev–Trinajstić information content (AvgIpc) is 3.15. The number of ether oxygens (including phenoxy) is 1. The van der Waals surface area contributed by atoms with Gasteiger partial charge in [-0.3, -0.25) is 4.72 Å². The molecule has 4 rings (SSSR count). The third kappa shape index (κ3) is 3.87. The molecular weight excluding hydrogens is 412 g/mol. The number of aromatic nitrogens is 1. The van der Waals surface area contributed by atoms with E-state index < -0.39 is 15.6 Å². The highest BCUT2D eigenvalue weighted by Gasteiger charge is 2.18. The van der Waals surface area contributed by atoms with E-state index in [1.54, 1.807) is 48.9 Å². The molecule has 0 aliphatic carbocycles. The number of nitrogens with one attached hydrogen (secondary N) is 1. The van der Waals surface area contributed by atoms with Gasteiger partial charge in [0, 0.05) is 10.8 Å². The lowest BCUT2D eigenvalue weighted by Gasteiger charge is -2.05. The largest absolute Gasteiger partial charge is 0.497 e. The summed E-state index contributed by atoms with van der Waals surface area (Å²) in [7, 11) is -2.22. The van der Waals surface area contributed by atoms with E-state index in [0.717, 1.165) is 16.9 Å².